The van der Waals surface area contributed by atoms with E-state index in [2.05, 4.69) is 21.9 Å². The van der Waals surface area contributed by atoms with Gasteiger partial charge in [-0.05, 0) is 61.2 Å². The lowest BCUT2D eigenvalue weighted by Crippen LogP contribution is -2.32. The number of anilines is 1. The van der Waals surface area contributed by atoms with Crippen LogP contribution in [0.1, 0.15) is 41.6 Å². The largest absolute Gasteiger partial charge is 0.481 e. The quantitative estimate of drug-likeness (QED) is 0.586. The number of benzene rings is 2. The fraction of sp³-hybridized carbons (Fsp3) is 0.333. The number of hydrogen-bond acceptors (Lipinski definition) is 3. The molecule has 2 aromatic carbocycles. The van der Waals surface area contributed by atoms with Gasteiger partial charge in [-0.1, -0.05) is 30.9 Å². The molecule has 0 atom stereocenters. The van der Waals surface area contributed by atoms with Crippen LogP contribution in [0.15, 0.2) is 48.5 Å². The summed E-state index contributed by atoms with van der Waals surface area (Å²) in [5.74, 6) is 3.09. The topological polar surface area (TPSA) is 79.5 Å². The van der Waals surface area contributed by atoms with Crippen LogP contribution in [0.25, 0.3) is 0 Å². The molecule has 0 radical (unpaired) electrons. The Morgan fingerprint density at radius 1 is 1.03 bits per heavy atom. The van der Waals surface area contributed by atoms with Gasteiger partial charge in [0.15, 0.2) is 0 Å². The lowest BCUT2D eigenvalue weighted by atomic mass is 10.1. The molecule has 0 spiro atoms. The van der Waals surface area contributed by atoms with Crippen LogP contribution in [-0.4, -0.2) is 31.1 Å². The smallest absolute Gasteiger partial charge is 0.319 e. The van der Waals surface area contributed by atoms with E-state index in [1.807, 2.05) is 24.3 Å². The second-order valence-electron chi connectivity index (χ2n) is 7.30. The highest BCUT2D eigenvalue weighted by atomic mass is 16.5. The van der Waals surface area contributed by atoms with Crippen LogP contribution in [0.3, 0.4) is 0 Å². The van der Waals surface area contributed by atoms with Gasteiger partial charge in [-0.3, -0.25) is 4.79 Å². The van der Waals surface area contributed by atoms with Crippen molar-refractivity contribution in [1.82, 2.24) is 10.6 Å². The zero-order valence-corrected chi connectivity index (χ0v) is 16.9. The molecule has 3 N–H and O–H groups in total. The summed E-state index contributed by atoms with van der Waals surface area (Å²) in [7, 11) is 0. The molecule has 3 rings (SSSR count). The van der Waals surface area contributed by atoms with Gasteiger partial charge in [0.05, 0.1) is 0 Å². The van der Waals surface area contributed by atoms with Crippen molar-refractivity contribution in [1.29, 1.82) is 0 Å². The summed E-state index contributed by atoms with van der Waals surface area (Å²) in [5.41, 5.74) is 2.32. The molecule has 6 nitrogen and oxygen atoms in total. The molecule has 3 amide bonds. The lowest BCUT2D eigenvalue weighted by molar-refractivity contribution is 0.0938. The molecule has 0 heterocycles. The summed E-state index contributed by atoms with van der Waals surface area (Å²) < 4.78 is 5.33. The van der Waals surface area contributed by atoms with E-state index in [9.17, 15) is 9.59 Å². The molecule has 1 aliphatic rings. The van der Waals surface area contributed by atoms with E-state index in [1.54, 1.807) is 24.3 Å². The van der Waals surface area contributed by atoms with Crippen molar-refractivity contribution in [2.75, 3.05) is 18.5 Å². The number of carbonyl (C=O) groups is 2. The van der Waals surface area contributed by atoms with E-state index < -0.39 is 0 Å². The number of carbonyl (C=O) groups excluding carboxylic acids is 2. The Bertz CT molecular complexity index is 879. The highest BCUT2D eigenvalue weighted by molar-refractivity contribution is 5.95. The second-order valence-corrected chi connectivity index (χ2v) is 7.30. The van der Waals surface area contributed by atoms with Gasteiger partial charge in [-0.25, -0.2) is 4.79 Å². The van der Waals surface area contributed by atoms with E-state index in [0.29, 0.717) is 24.2 Å². The fourth-order valence-electron chi connectivity index (χ4n) is 3.42. The standard InChI is InChI=1S/C24H27N3O3/c1-2-17-30-22-13-7-18(8-14-22)15-16-25-24(29)27-21-11-9-19(10-12-21)23(28)26-20-5-3-4-6-20/h1,7-14,20H,3-6,15-17H2,(H,26,28)(H2,25,27,29). The SMILES string of the molecule is C#CCOc1ccc(CCNC(=O)Nc2ccc(C(=O)NC3CCCC3)cc2)cc1. The molecular formula is C24H27N3O3. The van der Waals surface area contributed by atoms with Gasteiger partial charge in [0.2, 0.25) is 0 Å². The zero-order chi connectivity index (χ0) is 21.2. The van der Waals surface area contributed by atoms with Gasteiger partial charge in [-0.15, -0.1) is 6.42 Å². The molecular weight excluding hydrogens is 378 g/mol. The molecule has 0 aliphatic heterocycles. The van der Waals surface area contributed by atoms with Crippen LogP contribution in [0.5, 0.6) is 5.75 Å². The van der Waals surface area contributed by atoms with E-state index in [-0.39, 0.29) is 24.6 Å². The average Bonchev–Trinajstić information content (AvgIpc) is 3.26. The summed E-state index contributed by atoms with van der Waals surface area (Å²) in [5, 5.41) is 8.66. The van der Waals surface area contributed by atoms with Crippen LogP contribution >= 0.6 is 0 Å². The first-order valence-corrected chi connectivity index (χ1v) is 10.2. The average molecular weight is 405 g/mol. The first kappa shape index (κ1) is 21.3. The second kappa shape index (κ2) is 10.9. The molecule has 0 aromatic heterocycles. The van der Waals surface area contributed by atoms with E-state index in [0.717, 1.165) is 24.2 Å². The molecule has 2 aromatic rings. The Hall–Kier alpha value is -3.46. The normalized spacial score (nSPS) is 13.3. The Balaban J connectivity index is 1.39. The van der Waals surface area contributed by atoms with Gasteiger partial charge in [0, 0.05) is 23.8 Å². The Kier molecular flexibility index (Phi) is 7.73. The molecule has 156 valence electrons. The fourth-order valence-corrected chi connectivity index (χ4v) is 3.42. The van der Waals surface area contributed by atoms with Crippen molar-refractivity contribution in [3.05, 3.63) is 59.7 Å². The highest BCUT2D eigenvalue weighted by Crippen LogP contribution is 2.18. The Morgan fingerprint density at radius 2 is 1.73 bits per heavy atom. The summed E-state index contributed by atoms with van der Waals surface area (Å²) >= 11 is 0. The number of ether oxygens (including phenoxy) is 1. The van der Waals surface area contributed by atoms with Gasteiger partial charge in [0.25, 0.3) is 5.91 Å². The van der Waals surface area contributed by atoms with Gasteiger partial charge >= 0.3 is 6.03 Å². The van der Waals surface area contributed by atoms with E-state index in [4.69, 9.17) is 11.2 Å². The van der Waals surface area contributed by atoms with Gasteiger partial charge in [0.1, 0.15) is 12.4 Å². The van der Waals surface area contributed by atoms with Crippen LogP contribution in [0, 0.1) is 12.3 Å². The van der Waals surface area contributed by atoms with Crippen LogP contribution in [0.4, 0.5) is 10.5 Å². The zero-order valence-electron chi connectivity index (χ0n) is 16.9. The molecule has 1 saturated carbocycles. The van der Waals surface area contributed by atoms with Crippen molar-refractivity contribution < 1.29 is 14.3 Å². The number of terminal acetylenes is 1. The van der Waals surface area contributed by atoms with Crippen molar-refractivity contribution in [2.45, 2.75) is 38.1 Å². The first-order valence-electron chi connectivity index (χ1n) is 10.2. The number of rotatable bonds is 8. The van der Waals surface area contributed by atoms with E-state index >= 15 is 0 Å². The van der Waals surface area contributed by atoms with Gasteiger partial charge in [-0.2, -0.15) is 0 Å². The monoisotopic (exact) mass is 405 g/mol. The summed E-state index contributed by atoms with van der Waals surface area (Å²) in [6, 6.07) is 14.5. The maximum atomic E-state index is 12.3. The third-order valence-corrected chi connectivity index (χ3v) is 5.04. The molecule has 0 unspecified atom stereocenters. The third kappa shape index (κ3) is 6.56. The molecule has 0 bridgehead atoms. The summed E-state index contributed by atoms with van der Waals surface area (Å²) in [6.45, 7) is 0.742. The van der Waals surface area contributed by atoms with Crippen molar-refractivity contribution in [3.63, 3.8) is 0 Å². The minimum Gasteiger partial charge on any atom is -0.481 e. The van der Waals surface area contributed by atoms with Crippen LogP contribution < -0.4 is 20.7 Å². The lowest BCUT2D eigenvalue weighted by Gasteiger charge is -2.12. The van der Waals surface area contributed by atoms with E-state index in [1.165, 1.54) is 12.8 Å². The Morgan fingerprint density at radius 3 is 2.40 bits per heavy atom. The summed E-state index contributed by atoms with van der Waals surface area (Å²) in [4.78, 5) is 24.3. The summed E-state index contributed by atoms with van der Waals surface area (Å²) in [6.07, 6.45) is 10.3. The molecule has 1 fully saturated rings. The van der Waals surface area contributed by atoms with Crippen molar-refractivity contribution in [3.8, 4) is 18.1 Å². The van der Waals surface area contributed by atoms with Crippen LogP contribution in [0.2, 0.25) is 0 Å². The number of urea groups is 1. The van der Waals surface area contributed by atoms with Crippen molar-refractivity contribution in [2.24, 2.45) is 0 Å². The third-order valence-electron chi connectivity index (χ3n) is 5.04. The Labute approximate surface area is 177 Å². The highest BCUT2D eigenvalue weighted by Gasteiger charge is 2.17. The predicted octanol–water partition coefficient (Wildman–Crippen LogP) is 3.74. The van der Waals surface area contributed by atoms with Crippen molar-refractivity contribution >= 4 is 17.6 Å². The molecule has 6 heteroatoms. The maximum Gasteiger partial charge on any atom is 0.319 e. The minimum absolute atomic E-state index is 0.0615. The molecule has 1 aliphatic carbocycles. The predicted molar refractivity (Wildman–Crippen MR) is 118 cm³/mol. The van der Waals surface area contributed by atoms with Crippen LogP contribution in [-0.2, 0) is 6.42 Å². The maximum absolute atomic E-state index is 12.3. The number of hydrogen-bond donors (Lipinski definition) is 3. The minimum atomic E-state index is -0.285. The number of amides is 3. The van der Waals surface area contributed by atoms with Gasteiger partial charge < -0.3 is 20.7 Å². The molecule has 0 saturated heterocycles. The first-order chi connectivity index (χ1) is 14.6. The molecule has 30 heavy (non-hydrogen) atoms. The number of nitrogens with one attached hydrogen (secondary N) is 3.